The van der Waals surface area contributed by atoms with Gasteiger partial charge in [0.15, 0.2) is 0 Å². The zero-order valence-electron chi connectivity index (χ0n) is 7.12. The van der Waals surface area contributed by atoms with Crippen LogP contribution in [-0.2, 0) is 43.5 Å². The molecule has 0 spiro atoms. The molecule has 0 unspecified atom stereocenters. The Balaban J connectivity index is -0.0000000653. The summed E-state index contributed by atoms with van der Waals surface area (Å²) in [6.07, 6.45) is 0. The Bertz CT molecular complexity index is 190. The zero-order chi connectivity index (χ0) is 12.3. The fraction of sp³-hybridized carbons (Fsp3) is 0. The summed E-state index contributed by atoms with van der Waals surface area (Å²) >= 11 is 0.500. The van der Waals surface area contributed by atoms with E-state index in [4.69, 9.17) is 42.9 Å². The molecule has 0 amide bonds. The van der Waals surface area contributed by atoms with Gasteiger partial charge in [0.05, 0.1) is 23.9 Å². The molecule has 0 aliphatic heterocycles. The Hall–Kier alpha value is -1.62. The van der Waals surface area contributed by atoms with Crippen LogP contribution in [0.5, 0.6) is 0 Å². The van der Waals surface area contributed by atoms with E-state index in [1.54, 1.807) is 0 Å². The first-order valence-corrected chi connectivity index (χ1v) is 3.21. The van der Waals surface area contributed by atoms with Crippen molar-refractivity contribution in [3.05, 3.63) is 0 Å². The number of quaternary nitrogens is 1. The monoisotopic (exact) mass is 303 g/mol. The summed E-state index contributed by atoms with van der Waals surface area (Å²) in [7, 11) is 0. The van der Waals surface area contributed by atoms with E-state index in [1.807, 2.05) is 0 Å². The number of aliphatic carboxylic acids is 4. The molecule has 0 bridgehead atoms. The molecular formula is C4H4NNbO9. The van der Waals surface area contributed by atoms with Crippen LogP contribution in [0.1, 0.15) is 0 Å². The fourth-order valence-electron chi connectivity index (χ4n) is 0. The third-order valence-corrected chi connectivity index (χ3v) is 0.333. The molecule has 0 aromatic rings. The Morgan fingerprint density at radius 1 is 0.600 bits per heavy atom. The van der Waals surface area contributed by atoms with Crippen molar-refractivity contribution in [1.82, 2.24) is 6.15 Å². The molecule has 0 rings (SSSR count). The van der Waals surface area contributed by atoms with Gasteiger partial charge < -0.3 is 45.8 Å². The van der Waals surface area contributed by atoms with E-state index in [9.17, 15) is 0 Å². The van der Waals surface area contributed by atoms with Gasteiger partial charge >= 0.3 is 24.3 Å². The number of carbonyl (C=O) groups is 4. The summed E-state index contributed by atoms with van der Waals surface area (Å²) in [5.74, 6) is -8.74. The number of hydrogen-bond donors (Lipinski definition) is 1. The minimum absolute atomic E-state index is 0. The average molecular weight is 303 g/mol. The molecule has 0 aromatic carbocycles. The van der Waals surface area contributed by atoms with Crippen LogP contribution in [0.2, 0.25) is 0 Å². The van der Waals surface area contributed by atoms with Crippen molar-refractivity contribution in [1.29, 1.82) is 0 Å². The van der Waals surface area contributed by atoms with E-state index in [2.05, 4.69) is 0 Å². The second-order valence-electron chi connectivity index (χ2n) is 1.15. The van der Waals surface area contributed by atoms with Gasteiger partial charge in [-0.3, -0.25) is 0 Å². The van der Waals surface area contributed by atoms with Gasteiger partial charge in [0.25, 0.3) is 0 Å². The fourth-order valence-corrected chi connectivity index (χ4v) is 0. The standard InChI is InChI=1S/2C2H2O4.H3N.Nb.O/c2*3-1(4)2(5)6;;;/h2*(H,3,4)(H,5,6);1H3;;/q;;;+3;/p-3. The molecule has 0 fully saturated rings. The van der Waals surface area contributed by atoms with Crippen LogP contribution in [0.15, 0.2) is 0 Å². The molecule has 0 saturated carbocycles. The topological polar surface area (TPSA) is 214 Å². The molecule has 15 heavy (non-hydrogen) atoms. The summed E-state index contributed by atoms with van der Waals surface area (Å²) < 4.78 is 8.30. The average Bonchev–Trinajstić information content (AvgIpc) is 2.08. The van der Waals surface area contributed by atoms with Crippen molar-refractivity contribution in [2.75, 3.05) is 0 Å². The molecule has 0 heterocycles. The molecule has 0 aliphatic rings. The molecule has 0 aromatic heterocycles. The van der Waals surface area contributed by atoms with Gasteiger partial charge in [-0.05, 0) is 0 Å². The van der Waals surface area contributed by atoms with Crippen LogP contribution in [0.4, 0.5) is 0 Å². The van der Waals surface area contributed by atoms with Gasteiger partial charge in [-0.1, -0.05) is 0 Å². The summed E-state index contributed by atoms with van der Waals surface area (Å²) in [5.41, 5.74) is 0. The second kappa shape index (κ2) is 14.9. The Labute approximate surface area is 94.3 Å². The van der Waals surface area contributed by atoms with Crippen molar-refractivity contribution in [3.8, 4) is 0 Å². The van der Waals surface area contributed by atoms with Crippen LogP contribution in [0.25, 0.3) is 0 Å². The van der Waals surface area contributed by atoms with E-state index in [1.165, 1.54) is 0 Å². The van der Waals surface area contributed by atoms with Crippen molar-refractivity contribution < 1.29 is 63.9 Å². The quantitative estimate of drug-likeness (QED) is 0.331. The third kappa shape index (κ3) is 32.8. The van der Waals surface area contributed by atoms with Crippen molar-refractivity contribution in [2.45, 2.75) is 0 Å². The molecule has 0 saturated heterocycles. The number of hydrogen-bond acceptors (Lipinski definition) is 9. The predicted octanol–water partition coefficient (Wildman–Crippen LogP) is -6.77. The van der Waals surface area contributed by atoms with Gasteiger partial charge in [-0.25, -0.2) is 0 Å². The first kappa shape index (κ1) is 23.3. The maximum absolute atomic E-state index is 8.93. The normalized spacial score (nSPS) is 6.27. The van der Waals surface area contributed by atoms with E-state index in [-0.39, 0.29) is 6.15 Å². The van der Waals surface area contributed by atoms with Crippen molar-refractivity contribution >= 4 is 23.9 Å². The third-order valence-electron chi connectivity index (χ3n) is 0.333. The van der Waals surface area contributed by atoms with Gasteiger partial charge in [-0.2, -0.15) is 0 Å². The predicted molar refractivity (Wildman–Crippen MR) is 26.7 cm³/mol. The Kier molecular flexibility index (Phi) is 23.1. The number of carboxylic acid groups (broad SMARTS) is 4. The minimum atomic E-state index is -2.19. The first-order valence-electron chi connectivity index (χ1n) is 2.32. The number of rotatable bonds is 0. The molecule has 0 radical (unpaired) electrons. The summed E-state index contributed by atoms with van der Waals surface area (Å²) in [6, 6.07) is 0. The molecular weight excluding hydrogens is 299 g/mol. The number of carbonyl (C=O) groups excluding carboxylic acids is 4. The zero-order valence-corrected chi connectivity index (χ0v) is 9.32. The van der Waals surface area contributed by atoms with E-state index in [0.29, 0.717) is 21.0 Å². The Morgan fingerprint density at radius 3 is 0.667 bits per heavy atom. The first-order chi connectivity index (χ1) is 6.29. The maximum atomic E-state index is 8.93. The SMILES string of the molecule is O=C([O-])C(=O)[O-].O=C([O-])C(=O)[O-].[NH4+].[O]=[Nb+3]. The molecule has 0 aliphatic carbocycles. The molecule has 84 valence electrons. The van der Waals surface area contributed by atoms with Gasteiger partial charge in [0, 0.05) is 0 Å². The van der Waals surface area contributed by atoms with E-state index < -0.39 is 23.9 Å². The summed E-state index contributed by atoms with van der Waals surface area (Å²) in [5, 5.41) is 35.7. The summed E-state index contributed by atoms with van der Waals surface area (Å²) in [6.45, 7) is 0. The molecule has 10 nitrogen and oxygen atoms in total. The van der Waals surface area contributed by atoms with Crippen LogP contribution >= 0.6 is 0 Å². The Morgan fingerprint density at radius 2 is 0.667 bits per heavy atom. The van der Waals surface area contributed by atoms with Crippen LogP contribution in [0, 0.1) is 0 Å². The van der Waals surface area contributed by atoms with Crippen molar-refractivity contribution in [2.24, 2.45) is 0 Å². The molecule has 0 atom stereocenters. The number of carboxylic acids is 4. The van der Waals surface area contributed by atoms with Crippen molar-refractivity contribution in [3.63, 3.8) is 0 Å². The van der Waals surface area contributed by atoms with Crippen LogP contribution < -0.4 is 26.6 Å². The second-order valence-corrected chi connectivity index (χ2v) is 1.15. The van der Waals surface area contributed by atoms with E-state index in [0.717, 1.165) is 0 Å². The molecule has 11 heteroatoms. The van der Waals surface area contributed by atoms with Gasteiger partial charge in [0.1, 0.15) is 0 Å². The van der Waals surface area contributed by atoms with E-state index >= 15 is 0 Å². The van der Waals surface area contributed by atoms with Crippen LogP contribution in [-0.4, -0.2) is 23.9 Å². The summed E-state index contributed by atoms with van der Waals surface area (Å²) in [4.78, 5) is 35.7. The van der Waals surface area contributed by atoms with Gasteiger partial charge in [-0.15, -0.1) is 0 Å². The molecule has 4 N–H and O–H groups in total. The van der Waals surface area contributed by atoms with Gasteiger partial charge in [0.2, 0.25) is 0 Å². The van der Waals surface area contributed by atoms with Crippen LogP contribution in [0.3, 0.4) is 0 Å².